The molecule has 3 heterocycles. The quantitative estimate of drug-likeness (QED) is 0.827. The number of rotatable bonds is 2. The van der Waals surface area contributed by atoms with Crippen LogP contribution in [0.15, 0.2) is 24.5 Å². The van der Waals surface area contributed by atoms with Crippen molar-refractivity contribution >= 4 is 5.52 Å². The molecule has 1 atom stereocenters. The van der Waals surface area contributed by atoms with E-state index in [1.165, 1.54) is 19.3 Å². The molecule has 2 aromatic rings. The van der Waals surface area contributed by atoms with Crippen LogP contribution in [0.2, 0.25) is 0 Å². The van der Waals surface area contributed by atoms with Crippen LogP contribution in [0.25, 0.3) is 5.52 Å². The average Bonchev–Trinajstić information content (AvgIpc) is 2.73. The Balaban J connectivity index is 1.84. The van der Waals surface area contributed by atoms with E-state index in [1.807, 2.05) is 12.4 Å². The van der Waals surface area contributed by atoms with Crippen molar-refractivity contribution in [3.05, 3.63) is 30.4 Å². The molecule has 2 N–H and O–H groups in total. The first-order chi connectivity index (χ1) is 8.33. The molecule has 4 nitrogen and oxygen atoms in total. The lowest BCUT2D eigenvalue weighted by molar-refractivity contribution is 0.394. The van der Waals surface area contributed by atoms with Crippen LogP contribution in [0.1, 0.15) is 25.1 Å². The van der Waals surface area contributed by atoms with Gasteiger partial charge in [0.15, 0.2) is 0 Å². The Kier molecular flexibility index (Phi) is 2.73. The van der Waals surface area contributed by atoms with E-state index in [4.69, 9.17) is 0 Å². The van der Waals surface area contributed by atoms with Crippen molar-refractivity contribution in [1.82, 2.24) is 14.7 Å². The van der Waals surface area contributed by atoms with Gasteiger partial charge in [-0.3, -0.25) is 0 Å². The maximum Gasteiger partial charge on any atom is 0.119 e. The number of piperidine rings is 1. The Morgan fingerprint density at radius 3 is 3.24 bits per heavy atom. The molecule has 0 bridgehead atoms. The number of hydrogen-bond acceptors (Lipinski definition) is 3. The zero-order valence-corrected chi connectivity index (χ0v) is 9.76. The summed E-state index contributed by atoms with van der Waals surface area (Å²) in [6.07, 6.45) is 8.48. The Morgan fingerprint density at radius 2 is 2.41 bits per heavy atom. The van der Waals surface area contributed by atoms with Crippen LogP contribution in [0.4, 0.5) is 0 Å². The van der Waals surface area contributed by atoms with E-state index in [-0.39, 0.29) is 0 Å². The molecule has 0 saturated carbocycles. The van der Waals surface area contributed by atoms with Crippen LogP contribution in [-0.4, -0.2) is 27.1 Å². The molecule has 0 aromatic carbocycles. The summed E-state index contributed by atoms with van der Waals surface area (Å²) < 4.78 is 2.05. The van der Waals surface area contributed by atoms with Gasteiger partial charge in [-0.2, -0.15) is 0 Å². The van der Waals surface area contributed by atoms with Gasteiger partial charge in [0.1, 0.15) is 11.6 Å². The van der Waals surface area contributed by atoms with Gasteiger partial charge in [0.2, 0.25) is 0 Å². The van der Waals surface area contributed by atoms with Gasteiger partial charge in [-0.05, 0) is 25.5 Å². The summed E-state index contributed by atoms with van der Waals surface area (Å²) in [4.78, 5) is 4.44. The molecule has 2 aromatic heterocycles. The molecule has 0 spiro atoms. The predicted octanol–water partition coefficient (Wildman–Crippen LogP) is 1.72. The topological polar surface area (TPSA) is 49.6 Å². The molecule has 17 heavy (non-hydrogen) atoms. The second-order valence-electron chi connectivity index (χ2n) is 4.71. The minimum atomic E-state index is 0.291. The maximum atomic E-state index is 9.41. The second-order valence-corrected chi connectivity index (χ2v) is 4.71. The molecule has 3 rings (SSSR count). The van der Waals surface area contributed by atoms with Crippen LogP contribution in [0.3, 0.4) is 0 Å². The van der Waals surface area contributed by atoms with E-state index in [0.29, 0.717) is 11.8 Å². The first-order valence-electron chi connectivity index (χ1n) is 6.21. The predicted molar refractivity (Wildman–Crippen MR) is 66.2 cm³/mol. The number of nitrogens with zero attached hydrogens (tertiary/aromatic N) is 2. The van der Waals surface area contributed by atoms with Gasteiger partial charge in [-0.1, -0.05) is 6.42 Å². The van der Waals surface area contributed by atoms with Gasteiger partial charge >= 0.3 is 0 Å². The molecule has 1 aliphatic heterocycles. The SMILES string of the molecule is Oc1ccn2c(CC3CCCCN3)ncc2c1. The summed E-state index contributed by atoms with van der Waals surface area (Å²) in [5, 5.41) is 12.9. The number of pyridine rings is 1. The van der Waals surface area contributed by atoms with Gasteiger partial charge in [-0.25, -0.2) is 4.98 Å². The second kappa shape index (κ2) is 4.37. The van der Waals surface area contributed by atoms with Crippen LogP contribution in [0.5, 0.6) is 5.75 Å². The zero-order valence-electron chi connectivity index (χ0n) is 9.76. The number of hydrogen-bond donors (Lipinski definition) is 2. The molecule has 1 saturated heterocycles. The van der Waals surface area contributed by atoms with Crippen molar-refractivity contribution in [2.75, 3.05) is 6.54 Å². The fourth-order valence-electron chi connectivity index (χ4n) is 2.51. The highest BCUT2D eigenvalue weighted by molar-refractivity contribution is 5.50. The third-order valence-electron chi connectivity index (χ3n) is 3.43. The Labute approximate surface area is 100 Å². The van der Waals surface area contributed by atoms with E-state index in [9.17, 15) is 5.11 Å². The van der Waals surface area contributed by atoms with Crippen molar-refractivity contribution < 1.29 is 5.11 Å². The van der Waals surface area contributed by atoms with Crippen molar-refractivity contribution in [2.24, 2.45) is 0 Å². The molecule has 1 aliphatic rings. The summed E-state index contributed by atoms with van der Waals surface area (Å²) >= 11 is 0. The van der Waals surface area contributed by atoms with Crippen LogP contribution >= 0.6 is 0 Å². The van der Waals surface area contributed by atoms with E-state index in [1.54, 1.807) is 12.1 Å². The Hall–Kier alpha value is -1.55. The Morgan fingerprint density at radius 1 is 1.47 bits per heavy atom. The highest BCUT2D eigenvalue weighted by Crippen LogP contribution is 2.17. The number of fused-ring (bicyclic) bond motifs is 1. The largest absolute Gasteiger partial charge is 0.508 e. The fraction of sp³-hybridized carbons (Fsp3) is 0.462. The number of nitrogens with one attached hydrogen (secondary N) is 1. The molecule has 0 aliphatic carbocycles. The normalized spacial score (nSPS) is 20.8. The molecule has 0 radical (unpaired) electrons. The van der Waals surface area contributed by atoms with Crippen LogP contribution in [-0.2, 0) is 6.42 Å². The summed E-state index contributed by atoms with van der Waals surface area (Å²) in [7, 11) is 0. The van der Waals surface area contributed by atoms with Crippen molar-refractivity contribution in [3.63, 3.8) is 0 Å². The average molecular weight is 231 g/mol. The zero-order chi connectivity index (χ0) is 11.7. The smallest absolute Gasteiger partial charge is 0.119 e. The lowest BCUT2D eigenvalue weighted by Gasteiger charge is -2.22. The number of aromatic nitrogens is 2. The summed E-state index contributed by atoms with van der Waals surface area (Å²) in [6, 6.07) is 3.99. The van der Waals surface area contributed by atoms with Crippen LogP contribution in [0, 0.1) is 0 Å². The summed E-state index contributed by atoms with van der Waals surface area (Å²) in [5.74, 6) is 1.36. The highest BCUT2D eigenvalue weighted by atomic mass is 16.3. The molecular formula is C13H17N3O. The minimum absolute atomic E-state index is 0.291. The lowest BCUT2D eigenvalue weighted by Crippen LogP contribution is -2.36. The van der Waals surface area contributed by atoms with E-state index >= 15 is 0 Å². The van der Waals surface area contributed by atoms with Gasteiger partial charge in [0.05, 0.1) is 11.7 Å². The standard InChI is InChI=1S/C13H17N3O/c17-12-4-6-16-11(8-12)9-15-13(16)7-10-3-1-2-5-14-10/h4,6,8-10,14,17H,1-3,5,7H2. The first kappa shape index (κ1) is 10.6. The Bertz CT molecular complexity index is 514. The van der Waals surface area contributed by atoms with Gasteiger partial charge in [-0.15, -0.1) is 0 Å². The van der Waals surface area contributed by atoms with Crippen molar-refractivity contribution in [1.29, 1.82) is 0 Å². The number of aromatic hydroxyl groups is 1. The monoisotopic (exact) mass is 231 g/mol. The van der Waals surface area contributed by atoms with E-state index < -0.39 is 0 Å². The molecule has 0 amide bonds. The van der Waals surface area contributed by atoms with E-state index in [0.717, 1.165) is 24.3 Å². The van der Waals surface area contributed by atoms with Crippen molar-refractivity contribution in [2.45, 2.75) is 31.7 Å². The minimum Gasteiger partial charge on any atom is -0.508 e. The van der Waals surface area contributed by atoms with Gasteiger partial charge < -0.3 is 14.8 Å². The third-order valence-corrected chi connectivity index (χ3v) is 3.43. The number of imidazole rings is 1. The molecule has 4 heteroatoms. The highest BCUT2D eigenvalue weighted by Gasteiger charge is 2.15. The first-order valence-corrected chi connectivity index (χ1v) is 6.21. The molecule has 1 unspecified atom stereocenters. The van der Waals surface area contributed by atoms with Gasteiger partial charge in [0.25, 0.3) is 0 Å². The molecule has 1 fully saturated rings. The maximum absolute atomic E-state index is 9.41. The summed E-state index contributed by atoms with van der Waals surface area (Å²) in [6.45, 7) is 1.12. The third kappa shape index (κ3) is 2.13. The van der Waals surface area contributed by atoms with Crippen molar-refractivity contribution in [3.8, 4) is 5.75 Å². The van der Waals surface area contributed by atoms with E-state index in [2.05, 4.69) is 14.7 Å². The summed E-state index contributed by atoms with van der Waals surface area (Å²) in [5.41, 5.74) is 0.954. The fourth-order valence-corrected chi connectivity index (χ4v) is 2.51. The molecule has 90 valence electrons. The van der Waals surface area contributed by atoms with Crippen LogP contribution < -0.4 is 5.32 Å². The lowest BCUT2D eigenvalue weighted by atomic mass is 10.0. The molecular weight excluding hydrogens is 214 g/mol. The van der Waals surface area contributed by atoms with Gasteiger partial charge in [0, 0.05) is 24.7 Å².